The Morgan fingerprint density at radius 1 is 1.18 bits per heavy atom. The normalized spacial score (nSPS) is 12.2. The first-order chi connectivity index (χ1) is 13.0. The number of para-hydroxylation sites is 1. The summed E-state index contributed by atoms with van der Waals surface area (Å²) in [5, 5.41) is 7.86. The van der Waals surface area contributed by atoms with Crippen molar-refractivity contribution in [3.8, 4) is 5.69 Å². The molecule has 28 heavy (non-hydrogen) atoms. The summed E-state index contributed by atoms with van der Waals surface area (Å²) in [6, 6.07) is 4.89. The van der Waals surface area contributed by atoms with E-state index >= 15 is 0 Å². The molecule has 1 amide bonds. The van der Waals surface area contributed by atoms with Crippen LogP contribution < -0.4 is 5.32 Å². The van der Waals surface area contributed by atoms with Gasteiger partial charge in [-0.1, -0.05) is 32.9 Å². The van der Waals surface area contributed by atoms with Gasteiger partial charge in [0.05, 0.1) is 17.5 Å². The number of carbonyl (C=O) groups excluding carboxylic acids is 1. The highest BCUT2D eigenvalue weighted by atomic mass is 32.1. The molecule has 3 aromatic rings. The summed E-state index contributed by atoms with van der Waals surface area (Å²) in [6.07, 6.45) is -4.16. The molecule has 2 heterocycles. The summed E-state index contributed by atoms with van der Waals surface area (Å²) in [7, 11) is 0. The molecule has 5 nitrogen and oxygen atoms in total. The molecule has 148 valence electrons. The number of benzene rings is 1. The molecule has 0 aliphatic carbocycles. The third-order valence-corrected chi connectivity index (χ3v) is 4.61. The Kier molecular flexibility index (Phi) is 5.00. The van der Waals surface area contributed by atoms with E-state index in [4.69, 9.17) is 0 Å². The average molecular weight is 412 g/mol. The molecule has 0 spiro atoms. The minimum Gasteiger partial charge on any atom is -0.298 e. The fourth-order valence-electron chi connectivity index (χ4n) is 2.43. The van der Waals surface area contributed by atoms with Crippen molar-refractivity contribution in [3.63, 3.8) is 0 Å². The number of hydrogen-bond donors (Lipinski definition) is 1. The Hall–Kier alpha value is -2.75. The van der Waals surface area contributed by atoms with E-state index in [0.717, 1.165) is 29.7 Å². The topological polar surface area (TPSA) is 59.8 Å². The van der Waals surface area contributed by atoms with Gasteiger partial charge < -0.3 is 0 Å². The fourth-order valence-corrected chi connectivity index (χ4v) is 3.37. The third kappa shape index (κ3) is 3.91. The van der Waals surface area contributed by atoms with Crippen molar-refractivity contribution in [2.45, 2.75) is 32.4 Å². The number of nitrogens with zero attached hydrogens (tertiary/aromatic N) is 3. The highest BCUT2D eigenvalue weighted by Crippen LogP contribution is 2.35. The first kappa shape index (κ1) is 20.0. The third-order valence-electron chi connectivity index (χ3n) is 3.86. The highest BCUT2D eigenvalue weighted by Gasteiger charge is 2.41. The van der Waals surface area contributed by atoms with Crippen molar-refractivity contribution >= 4 is 22.4 Å². The van der Waals surface area contributed by atoms with Crippen LogP contribution in [0.1, 0.15) is 42.5 Å². The van der Waals surface area contributed by atoms with Gasteiger partial charge in [-0.05, 0) is 12.1 Å². The number of nitrogens with one attached hydrogen (secondary N) is 1. The van der Waals surface area contributed by atoms with E-state index in [9.17, 15) is 22.4 Å². The highest BCUT2D eigenvalue weighted by molar-refractivity contribution is 7.14. The second-order valence-electron chi connectivity index (χ2n) is 7.01. The zero-order chi connectivity index (χ0) is 20.7. The molecule has 3 rings (SSSR count). The van der Waals surface area contributed by atoms with Gasteiger partial charge >= 0.3 is 6.18 Å². The summed E-state index contributed by atoms with van der Waals surface area (Å²) in [4.78, 5) is 16.7. The maximum atomic E-state index is 14.0. The van der Waals surface area contributed by atoms with Crippen LogP contribution >= 0.6 is 11.3 Å². The predicted molar refractivity (Wildman–Crippen MR) is 97.3 cm³/mol. The average Bonchev–Trinajstić information content (AvgIpc) is 3.21. The molecular weight excluding hydrogens is 396 g/mol. The Labute approximate surface area is 162 Å². The smallest absolute Gasteiger partial charge is 0.298 e. The molecular formula is C18H16F4N4OS. The number of alkyl halides is 3. The standard InChI is InChI=1S/C18H16F4N4OS/c1-17(2,3)13-9-28-16(24-13)25-15(27)10-8-23-26(14(10)18(20,21)22)12-7-5-4-6-11(12)19/h4-9H,1-3H3,(H,24,25,27). The predicted octanol–water partition coefficient (Wildman–Crippen LogP) is 5.04. The molecule has 0 radical (unpaired) electrons. The van der Waals surface area contributed by atoms with E-state index in [1.807, 2.05) is 20.8 Å². The molecule has 0 aliphatic heterocycles. The number of amides is 1. The summed E-state index contributed by atoms with van der Waals surface area (Å²) < 4.78 is 55.3. The lowest BCUT2D eigenvalue weighted by molar-refractivity contribution is -0.143. The lowest BCUT2D eigenvalue weighted by Crippen LogP contribution is -2.21. The maximum absolute atomic E-state index is 14.0. The van der Waals surface area contributed by atoms with Crippen molar-refractivity contribution < 1.29 is 22.4 Å². The monoisotopic (exact) mass is 412 g/mol. The summed E-state index contributed by atoms with van der Waals surface area (Å²) in [5.41, 5.74) is -2.05. The lowest BCUT2D eigenvalue weighted by atomic mass is 9.93. The molecule has 0 aliphatic rings. The number of aromatic nitrogens is 3. The number of halogens is 4. The number of rotatable bonds is 3. The Bertz CT molecular complexity index is 1020. The SMILES string of the molecule is CC(C)(C)c1csc(NC(=O)c2cnn(-c3ccccc3F)c2C(F)(F)F)n1. The van der Waals surface area contributed by atoms with Gasteiger partial charge in [-0.2, -0.15) is 18.3 Å². The van der Waals surface area contributed by atoms with Gasteiger partial charge in [0.15, 0.2) is 10.8 Å². The van der Waals surface area contributed by atoms with Crippen molar-refractivity contribution in [2.24, 2.45) is 0 Å². The first-order valence-corrected chi connectivity index (χ1v) is 9.04. The van der Waals surface area contributed by atoms with Gasteiger partial charge in [0.2, 0.25) is 0 Å². The van der Waals surface area contributed by atoms with Crippen LogP contribution in [0.2, 0.25) is 0 Å². The van der Waals surface area contributed by atoms with Gasteiger partial charge in [0.25, 0.3) is 5.91 Å². The molecule has 0 fully saturated rings. The maximum Gasteiger partial charge on any atom is 0.434 e. The van der Waals surface area contributed by atoms with Crippen LogP contribution in [0, 0.1) is 5.82 Å². The van der Waals surface area contributed by atoms with Crippen molar-refractivity contribution in [1.29, 1.82) is 0 Å². The first-order valence-electron chi connectivity index (χ1n) is 8.16. The molecule has 0 atom stereocenters. The second-order valence-corrected chi connectivity index (χ2v) is 7.87. The minimum absolute atomic E-state index is 0.168. The summed E-state index contributed by atoms with van der Waals surface area (Å²) in [6.45, 7) is 5.77. The van der Waals surface area contributed by atoms with E-state index in [1.54, 1.807) is 5.38 Å². The largest absolute Gasteiger partial charge is 0.434 e. The quantitative estimate of drug-likeness (QED) is 0.614. The Morgan fingerprint density at radius 2 is 1.86 bits per heavy atom. The lowest BCUT2D eigenvalue weighted by Gasteiger charge is -2.14. The van der Waals surface area contributed by atoms with Gasteiger partial charge in [-0.25, -0.2) is 14.1 Å². The number of hydrogen-bond acceptors (Lipinski definition) is 4. The minimum atomic E-state index is -4.93. The van der Waals surface area contributed by atoms with Crippen LogP contribution in [-0.4, -0.2) is 20.7 Å². The van der Waals surface area contributed by atoms with Gasteiger partial charge in [-0.3, -0.25) is 10.1 Å². The van der Waals surface area contributed by atoms with Crippen molar-refractivity contribution in [2.75, 3.05) is 5.32 Å². The molecule has 2 aromatic heterocycles. The van der Waals surface area contributed by atoms with Crippen LogP contribution in [-0.2, 0) is 11.6 Å². The zero-order valence-corrected chi connectivity index (χ0v) is 16.0. The van der Waals surface area contributed by atoms with E-state index in [-0.39, 0.29) is 10.5 Å². The number of thiazole rings is 1. The molecule has 10 heteroatoms. The zero-order valence-electron chi connectivity index (χ0n) is 15.1. The van der Waals surface area contributed by atoms with Crippen molar-refractivity contribution in [3.05, 3.63) is 58.6 Å². The van der Waals surface area contributed by atoms with Crippen LogP contribution in [0.15, 0.2) is 35.8 Å². The molecule has 0 unspecified atom stereocenters. The van der Waals surface area contributed by atoms with E-state index in [1.165, 1.54) is 12.1 Å². The van der Waals surface area contributed by atoms with Gasteiger partial charge in [-0.15, -0.1) is 11.3 Å². The van der Waals surface area contributed by atoms with Crippen LogP contribution in [0.5, 0.6) is 0 Å². The van der Waals surface area contributed by atoms with Gasteiger partial charge in [0.1, 0.15) is 11.5 Å². The van der Waals surface area contributed by atoms with E-state index < -0.39 is 34.8 Å². The Morgan fingerprint density at radius 3 is 2.43 bits per heavy atom. The molecule has 0 saturated carbocycles. The van der Waals surface area contributed by atoms with Crippen LogP contribution in [0.4, 0.5) is 22.7 Å². The van der Waals surface area contributed by atoms with Crippen LogP contribution in [0.25, 0.3) is 5.69 Å². The summed E-state index contributed by atoms with van der Waals surface area (Å²) >= 11 is 1.11. The second kappa shape index (κ2) is 7.01. The van der Waals surface area contributed by atoms with E-state index in [0.29, 0.717) is 10.4 Å². The molecule has 0 bridgehead atoms. The number of carbonyl (C=O) groups is 1. The van der Waals surface area contributed by atoms with Gasteiger partial charge in [0, 0.05) is 10.8 Å². The number of anilines is 1. The van der Waals surface area contributed by atoms with E-state index in [2.05, 4.69) is 15.4 Å². The molecule has 1 aromatic carbocycles. The molecule has 1 N–H and O–H groups in total. The van der Waals surface area contributed by atoms with Crippen molar-refractivity contribution in [1.82, 2.24) is 14.8 Å². The Balaban J connectivity index is 1.99. The van der Waals surface area contributed by atoms with Crippen LogP contribution in [0.3, 0.4) is 0 Å². The molecule has 0 saturated heterocycles. The summed E-state index contributed by atoms with van der Waals surface area (Å²) in [5.74, 6) is -1.91. The fraction of sp³-hybridized carbons (Fsp3) is 0.278.